The molecule has 1 atom stereocenters. The Morgan fingerprint density at radius 1 is 0.882 bits per heavy atom. The molecule has 0 aliphatic carbocycles. The zero-order valence-electron chi connectivity index (χ0n) is 12.4. The molecule has 104 valence electrons. The summed E-state index contributed by atoms with van der Waals surface area (Å²) in [5.74, 6) is 0. The van der Waals surface area contributed by atoms with Gasteiger partial charge >= 0.3 is 0 Å². The Kier molecular flexibility index (Phi) is 7.83. The molecule has 0 bridgehead atoms. The van der Waals surface area contributed by atoms with Gasteiger partial charge in [0.2, 0.25) is 0 Å². The van der Waals surface area contributed by atoms with Crippen LogP contribution >= 0.6 is 0 Å². The minimum absolute atomic E-state index is 0.168. The Morgan fingerprint density at radius 2 is 1.35 bits per heavy atom. The summed E-state index contributed by atoms with van der Waals surface area (Å²) in [4.78, 5) is 0. The monoisotopic (exact) mass is 278 g/mol. The molecule has 0 aromatic carbocycles. The van der Waals surface area contributed by atoms with Crippen LogP contribution in [0, 0.1) is 0 Å². The highest BCUT2D eigenvalue weighted by molar-refractivity contribution is 6.71. The van der Waals surface area contributed by atoms with E-state index in [1.807, 2.05) is 0 Å². The van der Waals surface area contributed by atoms with Crippen LogP contribution in [0.2, 0.25) is 38.3 Å². The van der Waals surface area contributed by atoms with Crippen molar-refractivity contribution in [2.75, 3.05) is 14.2 Å². The molecule has 0 rings (SSSR count). The van der Waals surface area contributed by atoms with Crippen molar-refractivity contribution in [2.24, 2.45) is 0 Å². The quantitative estimate of drug-likeness (QED) is 0.658. The third-order valence-corrected chi connectivity index (χ3v) is 8.76. The average molecular weight is 279 g/mol. The second-order valence-electron chi connectivity index (χ2n) is 6.01. The maximum atomic E-state index is 9.92. The van der Waals surface area contributed by atoms with Crippen molar-refractivity contribution in [3.63, 3.8) is 0 Å². The molecule has 0 aromatic rings. The molecule has 3 nitrogen and oxygen atoms in total. The van der Waals surface area contributed by atoms with Gasteiger partial charge in [-0.2, -0.15) is 0 Å². The fourth-order valence-electron chi connectivity index (χ4n) is 1.63. The predicted molar refractivity (Wildman–Crippen MR) is 78.5 cm³/mol. The van der Waals surface area contributed by atoms with Gasteiger partial charge in [-0.05, 0) is 51.1 Å². The standard InChI is InChI=1S/C12H30O3Si2/c1-14-16(3,4)10-7-8-12(13)9-11-17(5,6)15-2/h12-13H,7-11H2,1-6H3. The SMILES string of the molecule is CO[Si](C)(C)CCCC(O)CC[Si](C)(C)OC. The molecule has 0 aromatic heterocycles. The van der Waals surface area contributed by atoms with E-state index in [1.54, 1.807) is 14.2 Å². The van der Waals surface area contributed by atoms with Gasteiger partial charge in [0.15, 0.2) is 16.6 Å². The fraction of sp³-hybridized carbons (Fsp3) is 1.00. The minimum Gasteiger partial charge on any atom is -0.420 e. The second-order valence-corrected chi connectivity index (χ2v) is 14.9. The van der Waals surface area contributed by atoms with E-state index in [1.165, 1.54) is 0 Å². The van der Waals surface area contributed by atoms with E-state index in [4.69, 9.17) is 8.85 Å². The van der Waals surface area contributed by atoms with Crippen molar-refractivity contribution in [1.29, 1.82) is 0 Å². The number of hydrogen-bond donors (Lipinski definition) is 1. The molecule has 5 heteroatoms. The van der Waals surface area contributed by atoms with E-state index >= 15 is 0 Å². The first-order chi connectivity index (χ1) is 7.72. The van der Waals surface area contributed by atoms with Crippen LogP contribution in [0.5, 0.6) is 0 Å². The molecule has 1 unspecified atom stereocenters. The molecule has 0 saturated heterocycles. The molecule has 0 aliphatic heterocycles. The van der Waals surface area contributed by atoms with E-state index in [-0.39, 0.29) is 6.10 Å². The van der Waals surface area contributed by atoms with Gasteiger partial charge in [0.05, 0.1) is 6.10 Å². The lowest BCUT2D eigenvalue weighted by Crippen LogP contribution is -2.30. The lowest BCUT2D eigenvalue weighted by atomic mass is 10.2. The van der Waals surface area contributed by atoms with Gasteiger partial charge in [-0.3, -0.25) is 0 Å². The second kappa shape index (κ2) is 7.68. The maximum Gasteiger partial charge on any atom is 0.186 e. The lowest BCUT2D eigenvalue weighted by molar-refractivity contribution is 0.157. The molecule has 17 heavy (non-hydrogen) atoms. The highest BCUT2D eigenvalue weighted by atomic mass is 28.4. The summed E-state index contributed by atoms with van der Waals surface area (Å²) < 4.78 is 11.0. The van der Waals surface area contributed by atoms with Gasteiger partial charge < -0.3 is 14.0 Å². The zero-order valence-corrected chi connectivity index (χ0v) is 14.4. The topological polar surface area (TPSA) is 38.7 Å². The molecule has 0 saturated carbocycles. The third kappa shape index (κ3) is 8.96. The normalized spacial score (nSPS) is 15.0. The number of aliphatic hydroxyl groups is 1. The summed E-state index contributed by atoms with van der Waals surface area (Å²) in [6.07, 6.45) is 2.68. The van der Waals surface area contributed by atoms with Crippen molar-refractivity contribution >= 4 is 16.6 Å². The highest BCUT2D eigenvalue weighted by Gasteiger charge is 2.23. The number of hydrogen-bond acceptors (Lipinski definition) is 3. The Labute approximate surface area is 109 Å². The predicted octanol–water partition coefficient (Wildman–Crippen LogP) is 3.22. The molecule has 0 heterocycles. The summed E-state index contributed by atoms with van der Waals surface area (Å²) in [6, 6.07) is 2.17. The van der Waals surface area contributed by atoms with Crippen LogP contribution in [0.3, 0.4) is 0 Å². The smallest absolute Gasteiger partial charge is 0.186 e. The first-order valence-corrected chi connectivity index (χ1v) is 12.7. The molecular weight excluding hydrogens is 248 g/mol. The first-order valence-electron chi connectivity index (χ1n) is 6.51. The fourth-order valence-corrected chi connectivity index (χ4v) is 4.12. The van der Waals surface area contributed by atoms with Crippen molar-refractivity contribution in [3.05, 3.63) is 0 Å². The number of rotatable bonds is 9. The van der Waals surface area contributed by atoms with Gasteiger partial charge in [0.25, 0.3) is 0 Å². The summed E-state index contributed by atoms with van der Waals surface area (Å²) in [6.45, 7) is 8.84. The molecule has 1 N–H and O–H groups in total. The summed E-state index contributed by atoms with van der Waals surface area (Å²) in [5.41, 5.74) is 0. The average Bonchev–Trinajstić information content (AvgIpc) is 2.26. The molecule has 0 amide bonds. The zero-order chi connectivity index (χ0) is 13.5. The van der Waals surface area contributed by atoms with E-state index in [0.717, 1.165) is 31.4 Å². The van der Waals surface area contributed by atoms with Crippen LogP contribution in [0.15, 0.2) is 0 Å². The van der Waals surface area contributed by atoms with Gasteiger partial charge in [0.1, 0.15) is 0 Å². The minimum atomic E-state index is -1.50. The third-order valence-electron chi connectivity index (χ3n) is 3.50. The molecule has 0 aliphatic rings. The highest BCUT2D eigenvalue weighted by Crippen LogP contribution is 2.19. The van der Waals surface area contributed by atoms with Gasteiger partial charge in [-0.25, -0.2) is 0 Å². The van der Waals surface area contributed by atoms with Crippen LogP contribution in [0.25, 0.3) is 0 Å². The Hall–Kier alpha value is 0.314. The van der Waals surface area contributed by atoms with E-state index in [2.05, 4.69) is 26.2 Å². The van der Waals surface area contributed by atoms with Crippen molar-refractivity contribution in [2.45, 2.75) is 63.6 Å². The van der Waals surface area contributed by atoms with Crippen LogP contribution in [0.4, 0.5) is 0 Å². The summed E-state index contributed by atoms with van der Waals surface area (Å²) in [7, 11) is 0.647. The van der Waals surface area contributed by atoms with Gasteiger partial charge in [-0.15, -0.1) is 0 Å². The van der Waals surface area contributed by atoms with Crippen LogP contribution in [0.1, 0.15) is 19.3 Å². The van der Waals surface area contributed by atoms with Crippen LogP contribution < -0.4 is 0 Å². The summed E-state index contributed by atoms with van der Waals surface area (Å²) in [5, 5.41) is 9.92. The number of aliphatic hydroxyl groups excluding tert-OH is 1. The lowest BCUT2D eigenvalue weighted by Gasteiger charge is -2.23. The van der Waals surface area contributed by atoms with Crippen LogP contribution in [-0.4, -0.2) is 42.1 Å². The first kappa shape index (κ1) is 17.3. The van der Waals surface area contributed by atoms with E-state index in [9.17, 15) is 5.11 Å². The van der Waals surface area contributed by atoms with Gasteiger partial charge in [-0.1, -0.05) is 6.42 Å². The Bertz CT molecular complexity index is 208. The largest absolute Gasteiger partial charge is 0.420 e. The van der Waals surface area contributed by atoms with Crippen LogP contribution in [-0.2, 0) is 8.85 Å². The van der Waals surface area contributed by atoms with Crippen molar-refractivity contribution < 1.29 is 14.0 Å². The van der Waals surface area contributed by atoms with Crippen molar-refractivity contribution in [1.82, 2.24) is 0 Å². The molecule has 0 spiro atoms. The molecular formula is C12H30O3Si2. The maximum absolute atomic E-state index is 9.92. The Balaban J connectivity index is 3.71. The van der Waals surface area contributed by atoms with Crippen molar-refractivity contribution in [3.8, 4) is 0 Å². The van der Waals surface area contributed by atoms with E-state index in [0.29, 0.717) is 0 Å². The molecule has 0 radical (unpaired) electrons. The Morgan fingerprint density at radius 3 is 1.82 bits per heavy atom. The van der Waals surface area contributed by atoms with E-state index < -0.39 is 16.6 Å². The van der Waals surface area contributed by atoms with Gasteiger partial charge in [0, 0.05) is 14.2 Å². The molecule has 0 fully saturated rings. The summed E-state index contributed by atoms with van der Waals surface area (Å²) >= 11 is 0.